The van der Waals surface area contributed by atoms with Gasteiger partial charge in [0.25, 0.3) is 0 Å². The first-order valence-electron chi connectivity index (χ1n) is 3.73. The lowest BCUT2D eigenvalue weighted by molar-refractivity contribution is 0.887. The third-order valence-electron chi connectivity index (χ3n) is 1.48. The topological polar surface area (TPSA) is 24.7 Å². The molecule has 0 radical (unpaired) electrons. The number of benzene rings is 1. The molecule has 0 bridgehead atoms. The minimum Gasteiger partial charge on any atom is -0.198 e. The van der Waals surface area contributed by atoms with Crippen molar-refractivity contribution < 1.29 is 0 Å². The van der Waals surface area contributed by atoms with Crippen LogP contribution in [-0.4, -0.2) is 13.6 Å². The molecule has 11 heavy (non-hydrogen) atoms. The third kappa shape index (κ3) is 2.94. The first-order valence-corrected chi connectivity index (χ1v) is 3.73. The van der Waals surface area contributed by atoms with Gasteiger partial charge in [-0.25, -0.2) is 0 Å². The second-order valence-electron chi connectivity index (χ2n) is 2.30. The summed E-state index contributed by atoms with van der Waals surface area (Å²) in [6.07, 6.45) is 0.984. The number of nitrogens with zero attached hydrogens (tertiary/aromatic N) is 2. The summed E-state index contributed by atoms with van der Waals surface area (Å²) in [6.45, 7) is 0.792. The van der Waals surface area contributed by atoms with E-state index in [1.165, 1.54) is 5.56 Å². The minimum absolute atomic E-state index is 0.792. The Hall–Kier alpha value is -1.18. The van der Waals surface area contributed by atoms with Crippen LogP contribution in [0.5, 0.6) is 0 Å². The van der Waals surface area contributed by atoms with E-state index in [9.17, 15) is 0 Å². The highest BCUT2D eigenvalue weighted by Crippen LogP contribution is 1.98. The predicted molar refractivity (Wildman–Crippen MR) is 45.8 cm³/mol. The Bertz CT molecular complexity index is 216. The quantitative estimate of drug-likeness (QED) is 0.588. The molecule has 1 rings (SSSR count). The molecule has 0 fully saturated rings. The van der Waals surface area contributed by atoms with Crippen LogP contribution in [-0.2, 0) is 6.42 Å². The maximum atomic E-state index is 3.89. The molecule has 58 valence electrons. The molecule has 0 unspecified atom stereocenters. The monoisotopic (exact) mass is 148 g/mol. The Labute approximate surface area is 67.0 Å². The molecule has 0 saturated heterocycles. The van der Waals surface area contributed by atoms with E-state index in [-0.39, 0.29) is 0 Å². The highest BCUT2D eigenvalue weighted by atomic mass is 15.1. The Balaban J connectivity index is 2.39. The van der Waals surface area contributed by atoms with E-state index in [0.29, 0.717) is 0 Å². The predicted octanol–water partition coefficient (Wildman–Crippen LogP) is 2.31. The molecule has 2 heteroatoms. The highest BCUT2D eigenvalue weighted by Gasteiger charge is 1.87. The number of hydrogen-bond acceptors (Lipinski definition) is 2. The average Bonchev–Trinajstić information content (AvgIpc) is 2.07. The average molecular weight is 148 g/mol. The van der Waals surface area contributed by atoms with E-state index in [1.54, 1.807) is 7.05 Å². The lowest BCUT2D eigenvalue weighted by atomic mass is 10.2. The van der Waals surface area contributed by atoms with E-state index in [4.69, 9.17) is 0 Å². The van der Waals surface area contributed by atoms with Gasteiger partial charge in [0.05, 0.1) is 6.54 Å². The summed E-state index contributed by atoms with van der Waals surface area (Å²) in [5.74, 6) is 0. The van der Waals surface area contributed by atoms with Gasteiger partial charge in [0.2, 0.25) is 0 Å². The third-order valence-corrected chi connectivity index (χ3v) is 1.48. The van der Waals surface area contributed by atoms with Gasteiger partial charge in [0.15, 0.2) is 0 Å². The maximum Gasteiger partial charge on any atom is 0.0639 e. The molecule has 0 aliphatic heterocycles. The van der Waals surface area contributed by atoms with Crippen LogP contribution in [0.1, 0.15) is 5.56 Å². The molecule has 0 atom stereocenters. The van der Waals surface area contributed by atoms with Gasteiger partial charge in [-0.05, 0) is 12.0 Å². The number of rotatable bonds is 3. The second kappa shape index (κ2) is 4.61. The van der Waals surface area contributed by atoms with Crippen molar-refractivity contribution in [2.75, 3.05) is 13.6 Å². The van der Waals surface area contributed by atoms with Crippen molar-refractivity contribution in [1.29, 1.82) is 0 Å². The molecule has 1 aromatic rings. The zero-order chi connectivity index (χ0) is 7.94. The van der Waals surface area contributed by atoms with Gasteiger partial charge in [0, 0.05) is 7.05 Å². The Morgan fingerprint density at radius 3 is 2.55 bits per heavy atom. The van der Waals surface area contributed by atoms with Gasteiger partial charge >= 0.3 is 0 Å². The molecular formula is C9H12N2. The van der Waals surface area contributed by atoms with Crippen LogP contribution in [0.3, 0.4) is 0 Å². The summed E-state index contributed by atoms with van der Waals surface area (Å²) in [4.78, 5) is 0. The Kier molecular flexibility index (Phi) is 3.32. The summed E-state index contributed by atoms with van der Waals surface area (Å²) in [7, 11) is 1.70. The van der Waals surface area contributed by atoms with Gasteiger partial charge in [-0.15, -0.1) is 0 Å². The van der Waals surface area contributed by atoms with E-state index < -0.39 is 0 Å². The highest BCUT2D eigenvalue weighted by molar-refractivity contribution is 5.14. The Morgan fingerprint density at radius 1 is 1.18 bits per heavy atom. The van der Waals surface area contributed by atoms with Crippen LogP contribution in [0, 0.1) is 0 Å². The minimum atomic E-state index is 0.792. The van der Waals surface area contributed by atoms with Gasteiger partial charge in [-0.1, -0.05) is 30.3 Å². The van der Waals surface area contributed by atoms with Crippen LogP contribution in [0.2, 0.25) is 0 Å². The van der Waals surface area contributed by atoms with Crippen LogP contribution in [0.25, 0.3) is 0 Å². The van der Waals surface area contributed by atoms with Crippen LogP contribution in [0.4, 0.5) is 0 Å². The molecule has 0 spiro atoms. The van der Waals surface area contributed by atoms with E-state index >= 15 is 0 Å². The lowest BCUT2D eigenvalue weighted by Crippen LogP contribution is -1.86. The van der Waals surface area contributed by atoms with Crippen LogP contribution >= 0.6 is 0 Å². The van der Waals surface area contributed by atoms with Crippen LogP contribution < -0.4 is 0 Å². The smallest absolute Gasteiger partial charge is 0.0639 e. The van der Waals surface area contributed by atoms with E-state index in [1.807, 2.05) is 18.2 Å². The fourth-order valence-electron chi connectivity index (χ4n) is 0.924. The second-order valence-corrected chi connectivity index (χ2v) is 2.30. The van der Waals surface area contributed by atoms with E-state index in [2.05, 4.69) is 22.4 Å². The molecule has 0 saturated carbocycles. The molecule has 0 aromatic heterocycles. The first kappa shape index (κ1) is 7.92. The number of azo groups is 1. The van der Waals surface area contributed by atoms with Crippen molar-refractivity contribution in [3.05, 3.63) is 35.9 Å². The van der Waals surface area contributed by atoms with Crippen molar-refractivity contribution in [3.8, 4) is 0 Å². The standard InChI is InChI=1S/C9H12N2/c1-10-11-8-7-9-5-3-2-4-6-9/h2-6H,7-8H2,1H3. The summed E-state index contributed by atoms with van der Waals surface area (Å²) >= 11 is 0. The largest absolute Gasteiger partial charge is 0.198 e. The molecular weight excluding hydrogens is 136 g/mol. The van der Waals surface area contributed by atoms with Gasteiger partial charge in [-0.3, -0.25) is 0 Å². The lowest BCUT2D eigenvalue weighted by Gasteiger charge is -1.94. The summed E-state index contributed by atoms with van der Waals surface area (Å²) in [5, 5.41) is 7.57. The molecule has 0 amide bonds. The molecule has 0 N–H and O–H groups in total. The normalized spacial score (nSPS) is 10.6. The van der Waals surface area contributed by atoms with E-state index in [0.717, 1.165) is 13.0 Å². The van der Waals surface area contributed by atoms with Crippen molar-refractivity contribution in [1.82, 2.24) is 0 Å². The number of hydrogen-bond donors (Lipinski definition) is 0. The summed E-state index contributed by atoms with van der Waals surface area (Å²) in [6, 6.07) is 10.3. The summed E-state index contributed by atoms with van der Waals surface area (Å²) < 4.78 is 0. The molecule has 2 nitrogen and oxygen atoms in total. The van der Waals surface area contributed by atoms with Gasteiger partial charge in [0.1, 0.15) is 0 Å². The molecule has 0 aliphatic rings. The van der Waals surface area contributed by atoms with Gasteiger partial charge < -0.3 is 0 Å². The summed E-state index contributed by atoms with van der Waals surface area (Å²) in [5.41, 5.74) is 1.32. The van der Waals surface area contributed by atoms with Crippen molar-refractivity contribution >= 4 is 0 Å². The molecule has 0 heterocycles. The zero-order valence-corrected chi connectivity index (χ0v) is 6.70. The van der Waals surface area contributed by atoms with Crippen molar-refractivity contribution in [3.63, 3.8) is 0 Å². The van der Waals surface area contributed by atoms with Crippen molar-refractivity contribution in [2.45, 2.75) is 6.42 Å². The fourth-order valence-corrected chi connectivity index (χ4v) is 0.924. The molecule has 1 aromatic carbocycles. The molecule has 0 aliphatic carbocycles. The SMILES string of the molecule is CN=NCCc1ccccc1. The van der Waals surface area contributed by atoms with Crippen molar-refractivity contribution in [2.24, 2.45) is 10.2 Å². The first-order chi connectivity index (χ1) is 5.43. The fraction of sp³-hybridized carbons (Fsp3) is 0.333. The van der Waals surface area contributed by atoms with Crippen LogP contribution in [0.15, 0.2) is 40.6 Å². The Morgan fingerprint density at radius 2 is 1.91 bits per heavy atom. The van der Waals surface area contributed by atoms with Gasteiger partial charge in [-0.2, -0.15) is 10.2 Å². The maximum absolute atomic E-state index is 3.89. The zero-order valence-electron chi connectivity index (χ0n) is 6.70.